The van der Waals surface area contributed by atoms with E-state index in [0.29, 0.717) is 0 Å². The SMILES string of the molecule is Cc1nc2c(C(C)CO)cccc2s1. The van der Waals surface area contributed by atoms with Crippen molar-refractivity contribution in [2.75, 3.05) is 6.61 Å². The van der Waals surface area contributed by atoms with Crippen molar-refractivity contribution in [1.29, 1.82) is 0 Å². The summed E-state index contributed by atoms with van der Waals surface area (Å²) in [6.45, 7) is 4.21. The zero-order valence-electron chi connectivity index (χ0n) is 8.32. The summed E-state index contributed by atoms with van der Waals surface area (Å²) < 4.78 is 1.21. The van der Waals surface area contributed by atoms with Gasteiger partial charge in [-0.25, -0.2) is 4.98 Å². The number of thiazole rings is 1. The molecule has 0 saturated carbocycles. The molecule has 1 N–H and O–H groups in total. The number of aromatic nitrogens is 1. The second kappa shape index (κ2) is 3.67. The van der Waals surface area contributed by atoms with Gasteiger partial charge in [0.05, 0.1) is 15.2 Å². The molecule has 3 heteroatoms. The number of aliphatic hydroxyl groups excluding tert-OH is 1. The van der Waals surface area contributed by atoms with Gasteiger partial charge in [-0.2, -0.15) is 0 Å². The van der Waals surface area contributed by atoms with Crippen molar-refractivity contribution < 1.29 is 5.11 Å². The number of hydrogen-bond acceptors (Lipinski definition) is 3. The maximum atomic E-state index is 9.13. The number of aliphatic hydroxyl groups is 1. The molecule has 1 atom stereocenters. The van der Waals surface area contributed by atoms with Crippen molar-refractivity contribution in [3.05, 3.63) is 28.8 Å². The summed E-state index contributed by atoms with van der Waals surface area (Å²) in [5.41, 5.74) is 2.20. The van der Waals surface area contributed by atoms with Gasteiger partial charge in [0.2, 0.25) is 0 Å². The fraction of sp³-hybridized carbons (Fsp3) is 0.364. The molecule has 0 aliphatic heterocycles. The Kier molecular flexibility index (Phi) is 2.52. The van der Waals surface area contributed by atoms with Crippen molar-refractivity contribution in [3.63, 3.8) is 0 Å². The third kappa shape index (κ3) is 1.53. The smallest absolute Gasteiger partial charge is 0.0907 e. The lowest BCUT2D eigenvalue weighted by Gasteiger charge is -2.07. The Morgan fingerprint density at radius 1 is 1.50 bits per heavy atom. The van der Waals surface area contributed by atoms with Crippen LogP contribution in [0, 0.1) is 6.92 Å². The summed E-state index contributed by atoms with van der Waals surface area (Å²) in [7, 11) is 0. The van der Waals surface area contributed by atoms with Gasteiger partial charge in [0.25, 0.3) is 0 Å². The van der Waals surface area contributed by atoms with Gasteiger partial charge in [0, 0.05) is 12.5 Å². The molecule has 2 rings (SSSR count). The predicted molar refractivity (Wildman–Crippen MR) is 59.9 cm³/mol. The summed E-state index contributed by atoms with van der Waals surface area (Å²) in [6, 6.07) is 6.15. The largest absolute Gasteiger partial charge is 0.396 e. The van der Waals surface area contributed by atoms with E-state index in [1.54, 1.807) is 11.3 Å². The number of aryl methyl sites for hydroxylation is 1. The highest BCUT2D eigenvalue weighted by molar-refractivity contribution is 7.18. The Hall–Kier alpha value is -0.930. The van der Waals surface area contributed by atoms with Crippen LogP contribution in [0.25, 0.3) is 10.2 Å². The molecule has 0 fully saturated rings. The highest BCUT2D eigenvalue weighted by Crippen LogP contribution is 2.28. The number of rotatable bonds is 2. The zero-order chi connectivity index (χ0) is 10.1. The molecule has 0 radical (unpaired) electrons. The van der Waals surface area contributed by atoms with Crippen molar-refractivity contribution >= 4 is 21.6 Å². The van der Waals surface area contributed by atoms with E-state index in [4.69, 9.17) is 5.11 Å². The fourth-order valence-corrected chi connectivity index (χ4v) is 2.44. The lowest BCUT2D eigenvalue weighted by Crippen LogP contribution is -1.99. The predicted octanol–water partition coefficient (Wildman–Crippen LogP) is 2.70. The van der Waals surface area contributed by atoms with Crippen LogP contribution in [0.15, 0.2) is 18.2 Å². The first kappa shape index (κ1) is 9.62. The Labute approximate surface area is 87.2 Å². The number of benzene rings is 1. The van der Waals surface area contributed by atoms with Gasteiger partial charge < -0.3 is 5.11 Å². The number of hydrogen-bond donors (Lipinski definition) is 1. The number of nitrogens with zero attached hydrogens (tertiary/aromatic N) is 1. The second-order valence-electron chi connectivity index (χ2n) is 3.51. The molecule has 0 aliphatic rings. The second-order valence-corrected chi connectivity index (χ2v) is 4.75. The van der Waals surface area contributed by atoms with Crippen LogP contribution in [0.4, 0.5) is 0 Å². The van der Waals surface area contributed by atoms with Crippen LogP contribution < -0.4 is 0 Å². The van der Waals surface area contributed by atoms with Crippen LogP contribution in [0.3, 0.4) is 0 Å². The van der Waals surface area contributed by atoms with Crippen molar-refractivity contribution in [1.82, 2.24) is 4.98 Å². The van der Waals surface area contributed by atoms with Crippen LogP contribution in [-0.2, 0) is 0 Å². The standard InChI is InChI=1S/C11H13NOS/c1-7(6-13)9-4-3-5-10-11(9)12-8(2)14-10/h3-5,7,13H,6H2,1-2H3. The van der Waals surface area contributed by atoms with E-state index in [1.165, 1.54) is 4.70 Å². The lowest BCUT2D eigenvalue weighted by molar-refractivity contribution is 0.273. The van der Waals surface area contributed by atoms with E-state index in [9.17, 15) is 0 Å². The van der Waals surface area contributed by atoms with Crippen LogP contribution in [0.1, 0.15) is 23.4 Å². The minimum atomic E-state index is 0.167. The Balaban J connectivity index is 2.64. The topological polar surface area (TPSA) is 33.1 Å². The Bertz CT molecular complexity index is 449. The monoisotopic (exact) mass is 207 g/mol. The van der Waals surface area contributed by atoms with Gasteiger partial charge >= 0.3 is 0 Å². The molecule has 1 aromatic heterocycles. The lowest BCUT2D eigenvalue weighted by atomic mass is 10.0. The summed E-state index contributed by atoms with van der Waals surface area (Å²) >= 11 is 1.70. The van der Waals surface area contributed by atoms with Crippen LogP contribution in [0.5, 0.6) is 0 Å². The molecular formula is C11H13NOS. The average Bonchev–Trinajstić information content (AvgIpc) is 2.56. The first-order valence-electron chi connectivity index (χ1n) is 4.69. The van der Waals surface area contributed by atoms with Crippen molar-refractivity contribution in [2.24, 2.45) is 0 Å². The third-order valence-electron chi connectivity index (χ3n) is 2.36. The molecule has 0 spiro atoms. The summed E-state index contributed by atoms with van der Waals surface area (Å²) in [4.78, 5) is 4.49. The first-order chi connectivity index (χ1) is 6.72. The number of para-hydroxylation sites is 1. The normalized spacial score (nSPS) is 13.4. The van der Waals surface area contributed by atoms with Gasteiger partial charge in [0.1, 0.15) is 0 Å². The van der Waals surface area contributed by atoms with Crippen LogP contribution in [0.2, 0.25) is 0 Å². The molecule has 2 aromatic rings. The molecule has 14 heavy (non-hydrogen) atoms. The maximum Gasteiger partial charge on any atom is 0.0907 e. The van der Waals surface area contributed by atoms with E-state index in [-0.39, 0.29) is 12.5 Å². The van der Waals surface area contributed by atoms with Gasteiger partial charge in [-0.15, -0.1) is 11.3 Å². The molecule has 1 aromatic carbocycles. The van der Waals surface area contributed by atoms with E-state index < -0.39 is 0 Å². The maximum absolute atomic E-state index is 9.13. The van der Waals surface area contributed by atoms with Gasteiger partial charge in [0.15, 0.2) is 0 Å². The molecule has 2 nitrogen and oxygen atoms in total. The Morgan fingerprint density at radius 2 is 2.29 bits per heavy atom. The minimum Gasteiger partial charge on any atom is -0.396 e. The van der Waals surface area contributed by atoms with E-state index >= 15 is 0 Å². The molecule has 74 valence electrons. The quantitative estimate of drug-likeness (QED) is 0.821. The summed E-state index contributed by atoms with van der Waals surface area (Å²) in [5, 5.41) is 10.2. The van der Waals surface area contributed by atoms with E-state index in [2.05, 4.69) is 11.1 Å². The highest BCUT2D eigenvalue weighted by Gasteiger charge is 2.10. The van der Waals surface area contributed by atoms with E-state index in [0.717, 1.165) is 16.1 Å². The van der Waals surface area contributed by atoms with Gasteiger partial charge in [-0.05, 0) is 18.6 Å². The molecule has 1 unspecified atom stereocenters. The molecule has 1 heterocycles. The number of fused-ring (bicyclic) bond motifs is 1. The van der Waals surface area contributed by atoms with Crippen molar-refractivity contribution in [2.45, 2.75) is 19.8 Å². The molecule has 0 bridgehead atoms. The highest BCUT2D eigenvalue weighted by atomic mass is 32.1. The first-order valence-corrected chi connectivity index (χ1v) is 5.51. The molecular weight excluding hydrogens is 194 g/mol. The van der Waals surface area contributed by atoms with E-state index in [1.807, 2.05) is 26.0 Å². The third-order valence-corrected chi connectivity index (χ3v) is 3.30. The average molecular weight is 207 g/mol. The van der Waals surface area contributed by atoms with Gasteiger partial charge in [-0.3, -0.25) is 0 Å². The summed E-state index contributed by atoms with van der Waals surface area (Å²) in [5.74, 6) is 0.167. The fourth-order valence-electron chi connectivity index (χ4n) is 1.58. The zero-order valence-corrected chi connectivity index (χ0v) is 9.14. The van der Waals surface area contributed by atoms with Crippen molar-refractivity contribution in [3.8, 4) is 0 Å². The molecule has 0 saturated heterocycles. The molecule has 0 amide bonds. The molecule has 0 aliphatic carbocycles. The minimum absolute atomic E-state index is 0.167. The summed E-state index contributed by atoms with van der Waals surface area (Å²) in [6.07, 6.45) is 0. The van der Waals surface area contributed by atoms with Gasteiger partial charge in [-0.1, -0.05) is 19.1 Å². The Morgan fingerprint density at radius 3 is 3.00 bits per heavy atom. The van der Waals surface area contributed by atoms with Crippen LogP contribution in [-0.4, -0.2) is 16.7 Å². The van der Waals surface area contributed by atoms with Crippen LogP contribution >= 0.6 is 11.3 Å².